The van der Waals surface area contributed by atoms with Gasteiger partial charge in [-0.2, -0.15) is 0 Å². The number of aromatic hydroxyl groups is 1. The quantitative estimate of drug-likeness (QED) is 0.347. The van der Waals surface area contributed by atoms with E-state index in [9.17, 15) is 9.90 Å². The molecule has 0 fully saturated rings. The maximum Gasteiger partial charge on any atom is 0.152 e. The third kappa shape index (κ3) is 0.955. The van der Waals surface area contributed by atoms with Gasteiger partial charge in [0.05, 0.1) is 5.69 Å². The van der Waals surface area contributed by atoms with Crippen molar-refractivity contribution < 1.29 is 9.90 Å². The molecule has 4 nitrogen and oxygen atoms in total. The van der Waals surface area contributed by atoms with E-state index >= 15 is 0 Å². The molecular weight excluding hydrogens is 168 g/mol. The van der Waals surface area contributed by atoms with Gasteiger partial charge >= 0.3 is 0 Å². The Balaban J connectivity index is 2.93. The van der Waals surface area contributed by atoms with Crippen molar-refractivity contribution in [3.63, 3.8) is 0 Å². The predicted octanol–water partition coefficient (Wildman–Crippen LogP) is 1.27. The number of rotatable bonds is 1. The van der Waals surface area contributed by atoms with Crippen molar-refractivity contribution in [1.29, 1.82) is 0 Å². The second kappa shape index (κ2) is 2.52. The molecule has 0 saturated carbocycles. The number of nitrogens with one attached hydrogen (secondary N) is 1. The van der Waals surface area contributed by atoms with Gasteiger partial charge < -0.3 is 15.8 Å². The number of nitrogens with two attached hydrogens (primary N) is 1. The van der Waals surface area contributed by atoms with Crippen LogP contribution in [0, 0.1) is 0 Å². The number of phenols is 1. The number of hydrogen-bond donors (Lipinski definition) is 3. The molecule has 0 aliphatic carbocycles. The van der Waals surface area contributed by atoms with E-state index in [0.717, 1.165) is 5.52 Å². The molecule has 0 amide bonds. The van der Waals surface area contributed by atoms with Crippen molar-refractivity contribution in [2.75, 3.05) is 5.73 Å². The van der Waals surface area contributed by atoms with Gasteiger partial charge in [0.25, 0.3) is 0 Å². The van der Waals surface area contributed by atoms with Crippen molar-refractivity contribution in [2.24, 2.45) is 0 Å². The summed E-state index contributed by atoms with van der Waals surface area (Å²) in [6.07, 6.45) is 2.27. The van der Waals surface area contributed by atoms with Gasteiger partial charge in [-0.25, -0.2) is 0 Å². The Labute approximate surface area is 74.0 Å². The third-order valence-electron chi connectivity index (χ3n) is 2.02. The number of carbonyl (C=O) groups excluding carboxylic acids is 1. The first kappa shape index (κ1) is 7.67. The highest BCUT2D eigenvalue weighted by molar-refractivity contribution is 6.05. The molecule has 0 unspecified atom stereocenters. The fourth-order valence-electron chi connectivity index (χ4n) is 1.36. The third-order valence-corrected chi connectivity index (χ3v) is 2.02. The molecule has 2 aromatic rings. The van der Waals surface area contributed by atoms with Crippen LogP contribution in [-0.4, -0.2) is 16.4 Å². The van der Waals surface area contributed by atoms with E-state index in [4.69, 9.17) is 5.73 Å². The van der Waals surface area contributed by atoms with Gasteiger partial charge in [-0.05, 0) is 12.1 Å². The number of phenolic OH excluding ortho intramolecular Hbond substituents is 1. The van der Waals surface area contributed by atoms with E-state index in [1.807, 2.05) is 0 Å². The first-order chi connectivity index (χ1) is 6.24. The van der Waals surface area contributed by atoms with Crippen LogP contribution in [0.2, 0.25) is 0 Å². The summed E-state index contributed by atoms with van der Waals surface area (Å²) in [6.45, 7) is 0. The number of benzene rings is 1. The van der Waals surface area contributed by atoms with Crippen molar-refractivity contribution in [3.05, 3.63) is 23.9 Å². The van der Waals surface area contributed by atoms with Gasteiger partial charge in [-0.15, -0.1) is 0 Å². The molecule has 0 aliphatic rings. The summed E-state index contributed by atoms with van der Waals surface area (Å²) in [5, 5.41) is 9.88. The number of carbonyl (C=O) groups is 1. The minimum Gasteiger partial charge on any atom is -0.506 e. The van der Waals surface area contributed by atoms with Crippen LogP contribution in [-0.2, 0) is 0 Å². The van der Waals surface area contributed by atoms with Crippen LogP contribution in [0.1, 0.15) is 10.4 Å². The molecule has 0 spiro atoms. The minimum atomic E-state index is -0.00444. The summed E-state index contributed by atoms with van der Waals surface area (Å²) in [5.74, 6) is -0.00444. The van der Waals surface area contributed by atoms with Crippen LogP contribution >= 0.6 is 0 Å². The van der Waals surface area contributed by atoms with Gasteiger partial charge in [0, 0.05) is 22.7 Å². The van der Waals surface area contributed by atoms with Crippen LogP contribution in [0.25, 0.3) is 10.9 Å². The first-order valence-electron chi connectivity index (χ1n) is 3.77. The number of aldehydes is 1. The van der Waals surface area contributed by atoms with E-state index in [0.29, 0.717) is 17.2 Å². The smallest absolute Gasteiger partial charge is 0.152 e. The highest BCUT2D eigenvalue weighted by Crippen LogP contribution is 2.30. The van der Waals surface area contributed by atoms with E-state index in [2.05, 4.69) is 4.98 Å². The largest absolute Gasteiger partial charge is 0.506 e. The highest BCUT2D eigenvalue weighted by Gasteiger charge is 2.08. The number of H-pyrrole nitrogens is 1. The molecule has 0 radical (unpaired) electrons. The molecule has 1 aromatic heterocycles. The summed E-state index contributed by atoms with van der Waals surface area (Å²) in [7, 11) is 0. The first-order valence-corrected chi connectivity index (χ1v) is 3.77. The lowest BCUT2D eigenvalue weighted by Crippen LogP contribution is -1.88. The van der Waals surface area contributed by atoms with Crippen LogP contribution < -0.4 is 5.73 Å². The lowest BCUT2D eigenvalue weighted by Gasteiger charge is -1.99. The summed E-state index contributed by atoms with van der Waals surface area (Å²) in [5.41, 5.74) is 7.06. The van der Waals surface area contributed by atoms with E-state index in [1.165, 1.54) is 6.07 Å². The van der Waals surface area contributed by atoms with Gasteiger partial charge in [0.1, 0.15) is 5.75 Å². The summed E-state index contributed by atoms with van der Waals surface area (Å²) < 4.78 is 0. The van der Waals surface area contributed by atoms with Crippen molar-refractivity contribution in [1.82, 2.24) is 4.98 Å². The Hall–Kier alpha value is -1.97. The van der Waals surface area contributed by atoms with Crippen LogP contribution in [0.5, 0.6) is 5.75 Å². The SMILES string of the molecule is Nc1c(O)ccc2[nH]cc(C=O)c12. The number of hydrogen-bond acceptors (Lipinski definition) is 3. The van der Waals surface area contributed by atoms with Gasteiger partial charge in [0.15, 0.2) is 6.29 Å². The number of aromatic nitrogens is 1. The average Bonchev–Trinajstić information content (AvgIpc) is 2.55. The fourth-order valence-corrected chi connectivity index (χ4v) is 1.36. The number of nitrogen functional groups attached to an aromatic ring is 1. The lowest BCUT2D eigenvalue weighted by molar-refractivity contribution is 0.112. The lowest BCUT2D eigenvalue weighted by atomic mass is 10.1. The topological polar surface area (TPSA) is 79.1 Å². The summed E-state index contributed by atoms with van der Waals surface area (Å²) in [6, 6.07) is 3.16. The molecule has 0 bridgehead atoms. The molecule has 2 rings (SSSR count). The number of aromatic amines is 1. The Kier molecular flexibility index (Phi) is 1.48. The highest BCUT2D eigenvalue weighted by atomic mass is 16.3. The number of fused-ring (bicyclic) bond motifs is 1. The van der Waals surface area contributed by atoms with Crippen LogP contribution in [0.4, 0.5) is 5.69 Å². The van der Waals surface area contributed by atoms with E-state index < -0.39 is 0 Å². The van der Waals surface area contributed by atoms with E-state index in [-0.39, 0.29) is 11.4 Å². The van der Waals surface area contributed by atoms with Crippen LogP contribution in [0.3, 0.4) is 0 Å². The number of anilines is 1. The van der Waals surface area contributed by atoms with Gasteiger partial charge in [-0.1, -0.05) is 0 Å². The molecule has 1 aromatic carbocycles. The maximum atomic E-state index is 10.6. The minimum absolute atomic E-state index is 0.00444. The average molecular weight is 176 g/mol. The molecular formula is C9H8N2O2. The van der Waals surface area contributed by atoms with Gasteiger partial charge in [-0.3, -0.25) is 4.79 Å². The normalized spacial score (nSPS) is 10.5. The van der Waals surface area contributed by atoms with Crippen molar-refractivity contribution >= 4 is 22.9 Å². The Bertz CT molecular complexity index is 474. The van der Waals surface area contributed by atoms with E-state index in [1.54, 1.807) is 12.3 Å². The molecule has 0 saturated heterocycles. The molecule has 66 valence electrons. The Morgan fingerprint density at radius 3 is 2.92 bits per heavy atom. The van der Waals surface area contributed by atoms with Crippen molar-refractivity contribution in [2.45, 2.75) is 0 Å². The molecule has 1 heterocycles. The maximum absolute atomic E-state index is 10.6. The van der Waals surface area contributed by atoms with Crippen LogP contribution in [0.15, 0.2) is 18.3 Å². The molecule has 0 aliphatic heterocycles. The second-order valence-corrected chi connectivity index (χ2v) is 2.78. The standard InChI is InChI=1S/C9H8N2O2/c10-9-7(13)2-1-6-8(9)5(4-12)3-11-6/h1-4,11,13H,10H2. The van der Waals surface area contributed by atoms with Crippen molar-refractivity contribution in [3.8, 4) is 5.75 Å². The zero-order chi connectivity index (χ0) is 9.42. The molecule has 13 heavy (non-hydrogen) atoms. The zero-order valence-corrected chi connectivity index (χ0v) is 6.74. The summed E-state index contributed by atoms with van der Waals surface area (Å²) in [4.78, 5) is 13.5. The second-order valence-electron chi connectivity index (χ2n) is 2.78. The monoisotopic (exact) mass is 176 g/mol. The fraction of sp³-hybridized carbons (Fsp3) is 0. The zero-order valence-electron chi connectivity index (χ0n) is 6.74. The molecule has 4 N–H and O–H groups in total. The Morgan fingerprint density at radius 1 is 1.46 bits per heavy atom. The van der Waals surface area contributed by atoms with Gasteiger partial charge in [0.2, 0.25) is 0 Å². The molecule has 0 atom stereocenters. The Morgan fingerprint density at radius 2 is 2.23 bits per heavy atom. The molecule has 4 heteroatoms. The predicted molar refractivity (Wildman–Crippen MR) is 49.8 cm³/mol. The summed E-state index contributed by atoms with van der Waals surface area (Å²) >= 11 is 0.